The summed E-state index contributed by atoms with van der Waals surface area (Å²) in [7, 11) is 0. The Morgan fingerprint density at radius 1 is 1.67 bits per heavy atom. The summed E-state index contributed by atoms with van der Waals surface area (Å²) in [5.74, 6) is -0.386. The summed E-state index contributed by atoms with van der Waals surface area (Å²) in [6.07, 6.45) is 5.02. The standard InChI is InChI=1S/C9H16N2O/c1-8(2)11-7-5-3-4-6-9(10)12/h4,6,11H,1,3,5,7H2,2H3,(H2,10,12)/b6-4+. The van der Waals surface area contributed by atoms with Crippen molar-refractivity contribution in [2.75, 3.05) is 6.54 Å². The lowest BCUT2D eigenvalue weighted by molar-refractivity contribution is -0.113. The second-order valence-electron chi connectivity index (χ2n) is 2.65. The summed E-state index contributed by atoms with van der Waals surface area (Å²) < 4.78 is 0. The molecule has 0 rings (SSSR count). The molecule has 0 aromatic carbocycles. The Bertz CT molecular complexity index is 185. The van der Waals surface area contributed by atoms with Crippen LogP contribution < -0.4 is 11.1 Å². The highest BCUT2D eigenvalue weighted by molar-refractivity contribution is 5.85. The molecule has 0 aliphatic rings. The molecule has 0 aromatic heterocycles. The van der Waals surface area contributed by atoms with Gasteiger partial charge in [0.25, 0.3) is 0 Å². The molecule has 68 valence electrons. The highest BCUT2D eigenvalue weighted by Gasteiger charge is 1.85. The Labute approximate surface area is 73.3 Å². The van der Waals surface area contributed by atoms with Gasteiger partial charge in [0.1, 0.15) is 0 Å². The van der Waals surface area contributed by atoms with Crippen LogP contribution >= 0.6 is 0 Å². The van der Waals surface area contributed by atoms with Crippen molar-refractivity contribution in [3.05, 3.63) is 24.4 Å². The van der Waals surface area contributed by atoms with Crippen molar-refractivity contribution in [1.82, 2.24) is 5.32 Å². The number of amides is 1. The van der Waals surface area contributed by atoms with Gasteiger partial charge < -0.3 is 11.1 Å². The van der Waals surface area contributed by atoms with Gasteiger partial charge in [-0.15, -0.1) is 0 Å². The van der Waals surface area contributed by atoms with E-state index in [9.17, 15) is 4.79 Å². The molecule has 0 aliphatic heterocycles. The maximum atomic E-state index is 10.2. The first-order valence-corrected chi connectivity index (χ1v) is 3.98. The number of allylic oxidation sites excluding steroid dienone is 2. The highest BCUT2D eigenvalue weighted by atomic mass is 16.1. The summed E-state index contributed by atoms with van der Waals surface area (Å²) in [6.45, 7) is 6.50. The normalized spacial score (nSPS) is 10.1. The lowest BCUT2D eigenvalue weighted by Crippen LogP contribution is -2.11. The molecule has 3 heteroatoms. The number of carbonyl (C=O) groups is 1. The van der Waals surface area contributed by atoms with Crippen LogP contribution in [0.1, 0.15) is 19.8 Å². The van der Waals surface area contributed by atoms with Crippen LogP contribution in [-0.2, 0) is 4.79 Å². The van der Waals surface area contributed by atoms with Gasteiger partial charge in [0.15, 0.2) is 0 Å². The van der Waals surface area contributed by atoms with Gasteiger partial charge in [-0.05, 0) is 25.8 Å². The number of primary amides is 1. The number of nitrogens with two attached hydrogens (primary N) is 1. The SMILES string of the molecule is C=C(C)NCCC/C=C/C(N)=O. The number of nitrogens with one attached hydrogen (secondary N) is 1. The Morgan fingerprint density at radius 2 is 2.33 bits per heavy atom. The third-order valence-corrected chi connectivity index (χ3v) is 1.26. The lowest BCUT2D eigenvalue weighted by Gasteiger charge is -2.01. The number of carbonyl (C=O) groups excluding carboxylic acids is 1. The zero-order valence-electron chi connectivity index (χ0n) is 7.47. The number of rotatable bonds is 6. The number of unbranched alkanes of at least 4 members (excludes halogenated alkanes) is 1. The van der Waals surface area contributed by atoms with Gasteiger partial charge >= 0.3 is 0 Å². The fraction of sp³-hybridized carbons (Fsp3) is 0.444. The molecule has 3 nitrogen and oxygen atoms in total. The van der Waals surface area contributed by atoms with Crippen molar-refractivity contribution < 1.29 is 4.79 Å². The molecule has 3 N–H and O–H groups in total. The molecule has 0 heterocycles. The predicted octanol–water partition coefficient (Wildman–Crippen LogP) is 0.931. The third-order valence-electron chi connectivity index (χ3n) is 1.26. The average Bonchev–Trinajstić information content (AvgIpc) is 1.95. The van der Waals surface area contributed by atoms with E-state index in [1.54, 1.807) is 6.08 Å². The lowest BCUT2D eigenvalue weighted by atomic mass is 10.3. The quantitative estimate of drug-likeness (QED) is 0.458. The molecule has 0 atom stereocenters. The minimum absolute atomic E-state index is 0.386. The second-order valence-corrected chi connectivity index (χ2v) is 2.65. The van der Waals surface area contributed by atoms with E-state index in [1.807, 2.05) is 6.92 Å². The van der Waals surface area contributed by atoms with Crippen molar-refractivity contribution in [1.29, 1.82) is 0 Å². The maximum absolute atomic E-state index is 10.2. The minimum Gasteiger partial charge on any atom is -0.389 e. The van der Waals surface area contributed by atoms with Crippen LogP contribution in [0.2, 0.25) is 0 Å². The third kappa shape index (κ3) is 8.75. The molecule has 0 fully saturated rings. The molecule has 0 spiro atoms. The van der Waals surface area contributed by atoms with E-state index in [0.717, 1.165) is 25.1 Å². The topological polar surface area (TPSA) is 55.1 Å². The molecule has 1 amide bonds. The van der Waals surface area contributed by atoms with Crippen LogP contribution in [0.25, 0.3) is 0 Å². The van der Waals surface area contributed by atoms with Crippen molar-refractivity contribution in [2.24, 2.45) is 5.73 Å². The van der Waals surface area contributed by atoms with Crippen LogP contribution in [0.4, 0.5) is 0 Å². The first-order chi connectivity index (χ1) is 5.63. The molecular weight excluding hydrogens is 152 g/mol. The molecule has 12 heavy (non-hydrogen) atoms. The van der Waals surface area contributed by atoms with Gasteiger partial charge in [0.05, 0.1) is 0 Å². The zero-order chi connectivity index (χ0) is 9.40. The summed E-state index contributed by atoms with van der Waals surface area (Å²) in [4.78, 5) is 10.2. The maximum Gasteiger partial charge on any atom is 0.241 e. The summed E-state index contributed by atoms with van der Waals surface area (Å²) >= 11 is 0. The first-order valence-electron chi connectivity index (χ1n) is 3.98. The van der Waals surface area contributed by atoms with Gasteiger partial charge in [-0.25, -0.2) is 0 Å². The van der Waals surface area contributed by atoms with Crippen LogP contribution in [0.5, 0.6) is 0 Å². The van der Waals surface area contributed by atoms with E-state index in [1.165, 1.54) is 6.08 Å². The van der Waals surface area contributed by atoms with E-state index in [0.29, 0.717) is 0 Å². The average molecular weight is 168 g/mol. The Hall–Kier alpha value is -1.25. The monoisotopic (exact) mass is 168 g/mol. The summed E-state index contributed by atoms with van der Waals surface area (Å²) in [5, 5.41) is 3.09. The molecule has 0 aliphatic carbocycles. The Morgan fingerprint density at radius 3 is 2.83 bits per heavy atom. The number of hydrogen-bond donors (Lipinski definition) is 2. The fourth-order valence-electron chi connectivity index (χ4n) is 0.721. The van der Waals surface area contributed by atoms with Crippen molar-refractivity contribution >= 4 is 5.91 Å². The van der Waals surface area contributed by atoms with Crippen LogP contribution in [0.15, 0.2) is 24.4 Å². The molecule has 0 saturated heterocycles. The Kier molecular flexibility index (Phi) is 5.79. The van der Waals surface area contributed by atoms with E-state index in [2.05, 4.69) is 11.9 Å². The van der Waals surface area contributed by atoms with Crippen molar-refractivity contribution in [2.45, 2.75) is 19.8 Å². The fourth-order valence-corrected chi connectivity index (χ4v) is 0.721. The second kappa shape index (κ2) is 6.46. The van der Waals surface area contributed by atoms with Gasteiger partial charge in [-0.2, -0.15) is 0 Å². The molecule has 0 unspecified atom stereocenters. The van der Waals surface area contributed by atoms with Crippen LogP contribution in [0.3, 0.4) is 0 Å². The predicted molar refractivity (Wildman–Crippen MR) is 50.4 cm³/mol. The molecule has 0 radical (unpaired) electrons. The zero-order valence-corrected chi connectivity index (χ0v) is 7.47. The van der Waals surface area contributed by atoms with Crippen molar-refractivity contribution in [3.8, 4) is 0 Å². The smallest absolute Gasteiger partial charge is 0.241 e. The van der Waals surface area contributed by atoms with Gasteiger partial charge in [-0.1, -0.05) is 12.7 Å². The minimum atomic E-state index is -0.386. The van der Waals surface area contributed by atoms with Gasteiger partial charge in [-0.3, -0.25) is 4.79 Å². The van der Waals surface area contributed by atoms with E-state index in [-0.39, 0.29) is 5.91 Å². The summed E-state index contributed by atoms with van der Waals surface area (Å²) in [5.41, 5.74) is 5.87. The van der Waals surface area contributed by atoms with Crippen molar-refractivity contribution in [3.63, 3.8) is 0 Å². The largest absolute Gasteiger partial charge is 0.389 e. The first kappa shape index (κ1) is 10.8. The molecular formula is C9H16N2O. The summed E-state index contributed by atoms with van der Waals surface area (Å²) in [6, 6.07) is 0. The number of hydrogen-bond acceptors (Lipinski definition) is 2. The molecule has 0 saturated carbocycles. The molecule has 0 aromatic rings. The van der Waals surface area contributed by atoms with Gasteiger partial charge in [0.2, 0.25) is 5.91 Å². The Balaban J connectivity index is 3.21. The van der Waals surface area contributed by atoms with E-state index >= 15 is 0 Å². The highest BCUT2D eigenvalue weighted by Crippen LogP contribution is 1.90. The molecule has 0 bridgehead atoms. The van der Waals surface area contributed by atoms with Crippen LogP contribution in [-0.4, -0.2) is 12.5 Å². The van der Waals surface area contributed by atoms with E-state index in [4.69, 9.17) is 5.73 Å². The van der Waals surface area contributed by atoms with Gasteiger partial charge in [0, 0.05) is 12.2 Å². The van der Waals surface area contributed by atoms with Crippen LogP contribution in [0, 0.1) is 0 Å². The van der Waals surface area contributed by atoms with E-state index < -0.39 is 0 Å².